The van der Waals surface area contributed by atoms with Gasteiger partial charge in [-0.05, 0) is 55.2 Å². The van der Waals surface area contributed by atoms with Gasteiger partial charge in [-0.1, -0.05) is 45.2 Å². The van der Waals surface area contributed by atoms with Crippen LogP contribution in [0.1, 0.15) is 42.1 Å². The van der Waals surface area contributed by atoms with Crippen molar-refractivity contribution in [3.63, 3.8) is 0 Å². The van der Waals surface area contributed by atoms with Crippen molar-refractivity contribution in [1.29, 1.82) is 0 Å². The molecule has 1 aliphatic carbocycles. The Morgan fingerprint density at radius 3 is 2.79 bits per heavy atom. The van der Waals surface area contributed by atoms with E-state index >= 15 is 0 Å². The highest BCUT2D eigenvalue weighted by Crippen LogP contribution is 2.42. The predicted octanol–water partition coefficient (Wildman–Crippen LogP) is 6.00. The van der Waals surface area contributed by atoms with Crippen LogP contribution in [-0.2, 0) is 4.74 Å². The molecule has 1 saturated heterocycles. The number of hydrogen-bond donors (Lipinski definition) is 0. The van der Waals surface area contributed by atoms with E-state index < -0.39 is 0 Å². The number of benzene rings is 1. The lowest BCUT2D eigenvalue weighted by atomic mass is 9.88. The average Bonchev–Trinajstić information content (AvgIpc) is 2.82. The Morgan fingerprint density at radius 1 is 1.25 bits per heavy atom. The molecule has 2 aliphatic rings. The third-order valence-corrected chi connectivity index (χ3v) is 6.00. The van der Waals surface area contributed by atoms with Crippen LogP contribution in [0.3, 0.4) is 0 Å². The fourth-order valence-electron chi connectivity index (χ4n) is 3.80. The fraction of sp³-hybridized carbons (Fsp3) is 0.273. The lowest BCUT2D eigenvalue weighted by Crippen LogP contribution is -2.37. The number of ether oxygens (including phenoxy) is 1. The van der Waals surface area contributed by atoms with Gasteiger partial charge >= 0.3 is 6.09 Å². The van der Waals surface area contributed by atoms with Crippen LogP contribution in [0.4, 0.5) is 4.79 Å². The van der Waals surface area contributed by atoms with Crippen LogP contribution in [0, 0.1) is 0 Å². The number of carbonyl (C=O) groups is 1. The smallest absolute Gasteiger partial charge is 0.409 e. The minimum atomic E-state index is -0.234. The summed E-state index contributed by atoms with van der Waals surface area (Å²) in [5.41, 5.74) is 6.67. The lowest BCUT2D eigenvalue weighted by Gasteiger charge is -2.29. The normalized spacial score (nSPS) is 16.1. The third kappa shape index (κ3) is 3.61. The van der Waals surface area contributed by atoms with E-state index in [0.717, 1.165) is 45.3 Å². The molecule has 0 bridgehead atoms. The molecule has 28 heavy (non-hydrogen) atoms. The topological polar surface area (TPSA) is 42.4 Å². The van der Waals surface area contributed by atoms with Crippen molar-refractivity contribution < 1.29 is 9.53 Å². The van der Waals surface area contributed by atoms with Gasteiger partial charge in [-0.3, -0.25) is 4.98 Å². The SMILES string of the molecule is CCOC(=O)N1CCC(=C2c3ccc(Cl)cc3C=C(Br)c3cccnc32)CC1. The highest BCUT2D eigenvalue weighted by Gasteiger charge is 2.27. The summed E-state index contributed by atoms with van der Waals surface area (Å²) in [7, 11) is 0. The quantitative estimate of drug-likeness (QED) is 0.525. The van der Waals surface area contributed by atoms with Crippen LogP contribution in [0.2, 0.25) is 5.02 Å². The van der Waals surface area contributed by atoms with Crippen molar-refractivity contribution in [3.8, 4) is 0 Å². The van der Waals surface area contributed by atoms with Gasteiger partial charge in [0.05, 0.1) is 12.3 Å². The summed E-state index contributed by atoms with van der Waals surface area (Å²) in [6, 6.07) is 9.99. The Morgan fingerprint density at radius 2 is 2.04 bits per heavy atom. The first-order valence-electron chi connectivity index (χ1n) is 9.35. The Kier molecular flexibility index (Phi) is 5.56. The number of pyridine rings is 1. The van der Waals surface area contributed by atoms with Crippen molar-refractivity contribution in [3.05, 3.63) is 69.5 Å². The molecule has 0 spiro atoms. The first-order chi connectivity index (χ1) is 13.6. The zero-order valence-electron chi connectivity index (χ0n) is 15.5. The Labute approximate surface area is 178 Å². The molecule has 2 heterocycles. The molecule has 0 unspecified atom stereocenters. The number of carbonyl (C=O) groups excluding carboxylic acids is 1. The first-order valence-corrected chi connectivity index (χ1v) is 10.5. The predicted molar refractivity (Wildman–Crippen MR) is 116 cm³/mol. The van der Waals surface area contributed by atoms with Crippen molar-refractivity contribution in [1.82, 2.24) is 9.88 Å². The van der Waals surface area contributed by atoms with Crippen LogP contribution in [0.5, 0.6) is 0 Å². The van der Waals surface area contributed by atoms with Crippen molar-refractivity contribution >= 4 is 49.8 Å². The summed E-state index contributed by atoms with van der Waals surface area (Å²) in [6.45, 7) is 3.53. The number of amides is 1. The van der Waals surface area contributed by atoms with Gasteiger partial charge in [0.25, 0.3) is 0 Å². The molecule has 1 aromatic heterocycles. The second kappa shape index (κ2) is 8.10. The fourth-order valence-corrected chi connectivity index (χ4v) is 4.55. The van der Waals surface area contributed by atoms with E-state index in [2.05, 4.69) is 34.1 Å². The number of piperidine rings is 1. The van der Waals surface area contributed by atoms with E-state index in [9.17, 15) is 4.79 Å². The van der Waals surface area contributed by atoms with Crippen LogP contribution >= 0.6 is 27.5 Å². The van der Waals surface area contributed by atoms with Crippen LogP contribution in [0.15, 0.2) is 42.1 Å². The second-order valence-corrected chi connectivity index (χ2v) is 8.08. The van der Waals surface area contributed by atoms with E-state index in [1.165, 1.54) is 5.57 Å². The van der Waals surface area contributed by atoms with E-state index in [1.54, 1.807) is 4.90 Å². The molecular formula is C22H20BrClN2O2. The highest BCUT2D eigenvalue weighted by atomic mass is 79.9. The number of nitrogens with zero attached hydrogens (tertiary/aromatic N) is 2. The van der Waals surface area contributed by atoms with Crippen molar-refractivity contribution in [2.24, 2.45) is 0 Å². The monoisotopic (exact) mass is 458 g/mol. The molecule has 0 saturated carbocycles. The molecule has 144 valence electrons. The minimum absolute atomic E-state index is 0.234. The summed E-state index contributed by atoms with van der Waals surface area (Å²) in [4.78, 5) is 18.6. The molecular weight excluding hydrogens is 440 g/mol. The molecule has 1 aromatic carbocycles. The Bertz CT molecular complexity index is 990. The maximum absolute atomic E-state index is 12.1. The number of likely N-dealkylation sites (tertiary alicyclic amines) is 1. The maximum atomic E-state index is 12.1. The molecule has 1 aliphatic heterocycles. The van der Waals surface area contributed by atoms with Gasteiger partial charge in [0.2, 0.25) is 0 Å². The zero-order valence-corrected chi connectivity index (χ0v) is 17.9. The van der Waals surface area contributed by atoms with Crippen LogP contribution in [0.25, 0.3) is 16.1 Å². The highest BCUT2D eigenvalue weighted by molar-refractivity contribution is 9.15. The third-order valence-electron chi connectivity index (χ3n) is 5.11. The molecule has 1 amide bonds. The van der Waals surface area contributed by atoms with Crippen LogP contribution < -0.4 is 0 Å². The van der Waals surface area contributed by atoms with Crippen molar-refractivity contribution in [2.75, 3.05) is 19.7 Å². The molecule has 2 aromatic rings. The first kappa shape index (κ1) is 19.2. The van der Waals surface area contributed by atoms with Gasteiger partial charge in [-0.2, -0.15) is 0 Å². The van der Waals surface area contributed by atoms with Crippen LogP contribution in [-0.4, -0.2) is 35.7 Å². The van der Waals surface area contributed by atoms with Gasteiger partial charge in [0.15, 0.2) is 0 Å². The number of rotatable bonds is 1. The van der Waals surface area contributed by atoms with E-state index in [-0.39, 0.29) is 6.09 Å². The largest absolute Gasteiger partial charge is 0.450 e. The molecule has 4 nitrogen and oxygen atoms in total. The maximum Gasteiger partial charge on any atom is 0.409 e. The molecule has 4 rings (SSSR count). The Balaban J connectivity index is 1.81. The lowest BCUT2D eigenvalue weighted by molar-refractivity contribution is 0.104. The summed E-state index contributed by atoms with van der Waals surface area (Å²) >= 11 is 9.99. The van der Waals surface area contributed by atoms with Gasteiger partial charge in [-0.25, -0.2) is 4.79 Å². The summed E-state index contributed by atoms with van der Waals surface area (Å²) in [6.07, 6.45) is 5.29. The van der Waals surface area contributed by atoms with E-state index in [0.29, 0.717) is 24.7 Å². The average molecular weight is 460 g/mol. The minimum Gasteiger partial charge on any atom is -0.450 e. The van der Waals surface area contributed by atoms with Gasteiger partial charge in [0.1, 0.15) is 0 Å². The number of hydrogen-bond acceptors (Lipinski definition) is 3. The standard InChI is InChI=1S/C22H20BrClN2O2/c1-2-28-22(27)26-10-7-14(8-11-26)20-17-6-5-16(24)12-15(17)13-19(23)18-4-3-9-25-21(18)20/h3-6,9,12-13H,2,7-8,10-11H2,1H3. The molecule has 0 N–H and O–H groups in total. The van der Waals surface area contributed by atoms with E-state index in [1.807, 2.05) is 31.3 Å². The Hall–Kier alpha value is -2.11. The van der Waals surface area contributed by atoms with Gasteiger partial charge in [0, 0.05) is 39.9 Å². The van der Waals surface area contributed by atoms with Gasteiger partial charge in [-0.15, -0.1) is 0 Å². The molecule has 6 heteroatoms. The van der Waals surface area contributed by atoms with Crippen molar-refractivity contribution in [2.45, 2.75) is 19.8 Å². The summed E-state index contributed by atoms with van der Waals surface area (Å²) in [5, 5.41) is 0.704. The second-order valence-electron chi connectivity index (χ2n) is 6.79. The molecule has 1 fully saturated rings. The van der Waals surface area contributed by atoms with Gasteiger partial charge < -0.3 is 9.64 Å². The summed E-state index contributed by atoms with van der Waals surface area (Å²) in [5.74, 6) is 0. The number of aromatic nitrogens is 1. The molecule has 0 radical (unpaired) electrons. The summed E-state index contributed by atoms with van der Waals surface area (Å²) < 4.78 is 6.14. The molecule has 0 atom stereocenters. The zero-order chi connectivity index (χ0) is 19.7. The number of halogens is 2. The van der Waals surface area contributed by atoms with E-state index in [4.69, 9.17) is 21.3 Å². The number of fused-ring (bicyclic) bond motifs is 2.